The monoisotopic (exact) mass is 322 g/mol. The number of nitrogens with one attached hydrogen (secondary N) is 2. The summed E-state index contributed by atoms with van der Waals surface area (Å²) in [7, 11) is 1.53. The molecule has 0 aliphatic heterocycles. The average Bonchev–Trinajstić information content (AvgIpc) is 2.49. The topological polar surface area (TPSA) is 128 Å². The zero-order valence-electron chi connectivity index (χ0n) is 12.2. The van der Waals surface area contributed by atoms with Crippen LogP contribution in [0.5, 0.6) is 0 Å². The minimum Gasteiger partial charge on any atom is -0.383 e. The Bertz CT molecular complexity index is 712. The largest absolute Gasteiger partial charge is 0.383 e. The first-order valence-corrected chi connectivity index (χ1v) is 6.59. The lowest BCUT2D eigenvalue weighted by atomic mass is 10.3. The van der Waals surface area contributed by atoms with E-state index in [1.807, 2.05) is 0 Å². The standard InChI is InChI=1S/C13H15FN6O3/c1-23-7-6-16-13-18-11(15)10(20(21)22)12(19-13)17-9-5-3-2-4-8(9)14/h2-5H,6-7H2,1H3,(H4,15,16,17,18,19). The molecule has 1 aromatic carbocycles. The maximum Gasteiger partial charge on any atom is 0.353 e. The number of anilines is 4. The molecule has 1 aromatic heterocycles. The second-order valence-electron chi connectivity index (χ2n) is 4.41. The van der Waals surface area contributed by atoms with Crippen LogP contribution in [0.3, 0.4) is 0 Å². The van der Waals surface area contributed by atoms with Crippen molar-refractivity contribution >= 4 is 29.0 Å². The van der Waals surface area contributed by atoms with Crippen LogP contribution in [0.4, 0.5) is 33.3 Å². The Hall–Kier alpha value is -3.01. The molecular formula is C13H15FN6O3. The SMILES string of the molecule is COCCNc1nc(N)c([N+](=O)[O-])c(Nc2ccccc2F)n1. The number of rotatable bonds is 7. The van der Waals surface area contributed by atoms with E-state index in [1.165, 1.54) is 25.3 Å². The molecule has 0 spiro atoms. The molecule has 0 bridgehead atoms. The van der Waals surface area contributed by atoms with Crippen LogP contribution < -0.4 is 16.4 Å². The van der Waals surface area contributed by atoms with E-state index in [0.717, 1.165) is 0 Å². The van der Waals surface area contributed by atoms with Gasteiger partial charge >= 0.3 is 5.69 Å². The van der Waals surface area contributed by atoms with Crippen LogP contribution in [0.1, 0.15) is 0 Å². The molecule has 10 heteroatoms. The Morgan fingerprint density at radius 3 is 2.78 bits per heavy atom. The Labute approximate surface area is 130 Å². The highest BCUT2D eigenvalue weighted by atomic mass is 19.1. The van der Waals surface area contributed by atoms with Crippen molar-refractivity contribution in [3.63, 3.8) is 0 Å². The molecule has 0 radical (unpaired) electrons. The fourth-order valence-electron chi connectivity index (χ4n) is 1.77. The van der Waals surface area contributed by atoms with E-state index in [9.17, 15) is 14.5 Å². The molecule has 2 rings (SSSR count). The first-order valence-electron chi connectivity index (χ1n) is 6.59. The summed E-state index contributed by atoms with van der Waals surface area (Å²) in [5, 5.41) is 16.5. The van der Waals surface area contributed by atoms with Gasteiger partial charge in [-0.2, -0.15) is 9.97 Å². The molecule has 0 atom stereocenters. The Kier molecular flexibility index (Phi) is 5.20. The lowest BCUT2D eigenvalue weighted by molar-refractivity contribution is -0.383. The number of ether oxygens (including phenoxy) is 1. The summed E-state index contributed by atoms with van der Waals surface area (Å²) in [6.45, 7) is 0.767. The number of nitrogen functional groups attached to an aromatic ring is 1. The Morgan fingerprint density at radius 1 is 1.39 bits per heavy atom. The molecule has 0 aliphatic carbocycles. The summed E-state index contributed by atoms with van der Waals surface area (Å²) >= 11 is 0. The van der Waals surface area contributed by atoms with Crippen molar-refractivity contribution in [1.82, 2.24) is 9.97 Å². The van der Waals surface area contributed by atoms with Crippen molar-refractivity contribution in [2.45, 2.75) is 0 Å². The molecule has 0 aliphatic rings. The molecule has 122 valence electrons. The van der Waals surface area contributed by atoms with E-state index < -0.39 is 16.4 Å². The second-order valence-corrected chi connectivity index (χ2v) is 4.41. The van der Waals surface area contributed by atoms with Gasteiger partial charge in [-0.15, -0.1) is 0 Å². The average molecular weight is 322 g/mol. The van der Waals surface area contributed by atoms with Crippen LogP contribution in [0, 0.1) is 15.9 Å². The number of hydrogen-bond donors (Lipinski definition) is 3. The van der Waals surface area contributed by atoms with E-state index in [0.29, 0.717) is 13.2 Å². The Morgan fingerprint density at radius 2 is 2.13 bits per heavy atom. The highest BCUT2D eigenvalue weighted by Gasteiger charge is 2.23. The van der Waals surface area contributed by atoms with Crippen molar-refractivity contribution in [3.05, 3.63) is 40.2 Å². The first kappa shape index (κ1) is 16.4. The second kappa shape index (κ2) is 7.31. The zero-order valence-corrected chi connectivity index (χ0v) is 12.2. The van der Waals surface area contributed by atoms with E-state index in [1.54, 1.807) is 6.07 Å². The van der Waals surface area contributed by atoms with Crippen molar-refractivity contribution in [3.8, 4) is 0 Å². The van der Waals surface area contributed by atoms with E-state index in [4.69, 9.17) is 10.5 Å². The molecule has 4 N–H and O–H groups in total. The predicted molar refractivity (Wildman–Crippen MR) is 83.1 cm³/mol. The van der Waals surface area contributed by atoms with E-state index in [-0.39, 0.29) is 23.3 Å². The third-order valence-electron chi connectivity index (χ3n) is 2.81. The van der Waals surface area contributed by atoms with Crippen LogP contribution in [0.2, 0.25) is 0 Å². The summed E-state index contributed by atoms with van der Waals surface area (Å²) in [5.74, 6) is -1.03. The quantitative estimate of drug-likeness (QED) is 0.400. The fourth-order valence-corrected chi connectivity index (χ4v) is 1.77. The summed E-state index contributed by atoms with van der Waals surface area (Å²) in [6, 6.07) is 5.73. The number of nitrogens with zero attached hydrogens (tertiary/aromatic N) is 3. The van der Waals surface area contributed by atoms with Gasteiger partial charge in [-0.3, -0.25) is 10.1 Å². The number of halogens is 1. The number of aromatic nitrogens is 2. The minimum absolute atomic E-state index is 0.0385. The van der Waals surface area contributed by atoms with Crippen molar-refractivity contribution in [1.29, 1.82) is 0 Å². The summed E-state index contributed by atoms with van der Waals surface area (Å²) in [6.07, 6.45) is 0. The van der Waals surface area contributed by atoms with Gasteiger partial charge in [0.05, 0.1) is 17.2 Å². The van der Waals surface area contributed by atoms with Crippen LogP contribution in [0.15, 0.2) is 24.3 Å². The van der Waals surface area contributed by atoms with Gasteiger partial charge in [0, 0.05) is 13.7 Å². The van der Waals surface area contributed by atoms with Crippen molar-refractivity contribution in [2.24, 2.45) is 0 Å². The first-order chi connectivity index (χ1) is 11.0. The number of nitrogens with two attached hydrogens (primary N) is 1. The van der Waals surface area contributed by atoms with Crippen LogP contribution in [-0.4, -0.2) is 35.2 Å². The maximum absolute atomic E-state index is 13.7. The molecule has 0 amide bonds. The lowest BCUT2D eigenvalue weighted by Crippen LogP contribution is -2.13. The van der Waals surface area contributed by atoms with Gasteiger partial charge in [-0.05, 0) is 12.1 Å². The molecule has 0 saturated carbocycles. The normalized spacial score (nSPS) is 10.3. The molecular weight excluding hydrogens is 307 g/mol. The molecule has 23 heavy (non-hydrogen) atoms. The van der Waals surface area contributed by atoms with Crippen LogP contribution in [0.25, 0.3) is 0 Å². The molecule has 0 fully saturated rings. The zero-order chi connectivity index (χ0) is 16.8. The van der Waals surface area contributed by atoms with E-state index in [2.05, 4.69) is 20.6 Å². The van der Waals surface area contributed by atoms with Gasteiger partial charge in [0.15, 0.2) is 0 Å². The molecule has 1 heterocycles. The minimum atomic E-state index is -0.725. The van der Waals surface area contributed by atoms with E-state index >= 15 is 0 Å². The van der Waals surface area contributed by atoms with Gasteiger partial charge in [0.2, 0.25) is 17.6 Å². The smallest absolute Gasteiger partial charge is 0.353 e. The lowest BCUT2D eigenvalue weighted by Gasteiger charge is -2.11. The summed E-state index contributed by atoms with van der Waals surface area (Å²) in [5.41, 5.74) is 5.14. The van der Waals surface area contributed by atoms with Gasteiger partial charge in [-0.1, -0.05) is 12.1 Å². The highest BCUT2D eigenvalue weighted by molar-refractivity contribution is 5.74. The van der Waals surface area contributed by atoms with Crippen LogP contribution >= 0.6 is 0 Å². The van der Waals surface area contributed by atoms with Gasteiger partial charge in [0.1, 0.15) is 5.82 Å². The van der Waals surface area contributed by atoms with Gasteiger partial charge < -0.3 is 21.1 Å². The number of hydrogen-bond acceptors (Lipinski definition) is 8. The number of para-hydroxylation sites is 1. The van der Waals surface area contributed by atoms with Crippen molar-refractivity contribution in [2.75, 3.05) is 36.6 Å². The molecule has 0 saturated heterocycles. The number of nitro groups is 1. The molecule has 2 aromatic rings. The fraction of sp³-hybridized carbons (Fsp3) is 0.231. The molecule has 0 unspecified atom stereocenters. The highest BCUT2D eigenvalue weighted by Crippen LogP contribution is 2.31. The van der Waals surface area contributed by atoms with Crippen molar-refractivity contribution < 1.29 is 14.1 Å². The number of methoxy groups -OCH3 is 1. The van der Waals surface area contributed by atoms with Gasteiger partial charge in [0.25, 0.3) is 0 Å². The van der Waals surface area contributed by atoms with Crippen LogP contribution in [-0.2, 0) is 4.74 Å². The summed E-state index contributed by atoms with van der Waals surface area (Å²) < 4.78 is 18.6. The predicted octanol–water partition coefficient (Wildman–Crippen LogP) is 1.91. The third kappa shape index (κ3) is 4.01. The molecule has 9 nitrogen and oxygen atoms in total. The third-order valence-corrected chi connectivity index (χ3v) is 2.81. The maximum atomic E-state index is 13.7. The Balaban J connectivity index is 2.37. The summed E-state index contributed by atoms with van der Waals surface area (Å²) in [4.78, 5) is 18.2. The van der Waals surface area contributed by atoms with Gasteiger partial charge in [-0.25, -0.2) is 4.39 Å². The number of benzene rings is 1.